The molecule has 0 saturated carbocycles. The molecule has 1 rings (SSSR count). The van der Waals surface area contributed by atoms with Gasteiger partial charge >= 0.3 is 0 Å². The Hall–Kier alpha value is -1.36. The van der Waals surface area contributed by atoms with Crippen molar-refractivity contribution in [3.63, 3.8) is 0 Å². The molecular formula is C10H18N4O. The van der Waals surface area contributed by atoms with Crippen LogP contribution in [0.25, 0.3) is 0 Å². The monoisotopic (exact) mass is 210 g/mol. The molecule has 0 spiro atoms. The van der Waals surface area contributed by atoms with Crippen molar-refractivity contribution in [1.29, 1.82) is 0 Å². The van der Waals surface area contributed by atoms with Crippen LogP contribution in [-0.4, -0.2) is 21.9 Å². The molecule has 5 nitrogen and oxygen atoms in total. The molecule has 1 aromatic heterocycles. The minimum absolute atomic E-state index is 0.182. The first kappa shape index (κ1) is 11.7. The summed E-state index contributed by atoms with van der Waals surface area (Å²) in [5, 5.41) is 3.10. The fourth-order valence-corrected chi connectivity index (χ4v) is 1.44. The van der Waals surface area contributed by atoms with E-state index in [9.17, 15) is 4.79 Å². The molecular weight excluding hydrogens is 192 g/mol. The van der Waals surface area contributed by atoms with Crippen molar-refractivity contribution < 1.29 is 4.79 Å². The third-order valence-electron chi connectivity index (χ3n) is 2.40. The number of carbonyl (C=O) groups excluding carboxylic acids is 1. The van der Waals surface area contributed by atoms with Crippen molar-refractivity contribution in [3.8, 4) is 0 Å². The highest BCUT2D eigenvalue weighted by atomic mass is 16.1. The number of imidazole rings is 1. The summed E-state index contributed by atoms with van der Waals surface area (Å²) in [5.41, 5.74) is 7.21. The van der Waals surface area contributed by atoms with Crippen LogP contribution >= 0.6 is 0 Å². The molecule has 0 fully saturated rings. The zero-order chi connectivity index (χ0) is 11.4. The van der Waals surface area contributed by atoms with Crippen LogP contribution < -0.4 is 11.1 Å². The summed E-state index contributed by atoms with van der Waals surface area (Å²) in [6.07, 6.45) is 1.64. The summed E-state index contributed by atoms with van der Waals surface area (Å²) in [5.74, 6) is -0.139. The van der Waals surface area contributed by atoms with Crippen molar-refractivity contribution >= 4 is 5.91 Å². The number of hydrogen-bond acceptors (Lipinski definition) is 3. The van der Waals surface area contributed by atoms with E-state index in [4.69, 9.17) is 5.73 Å². The molecule has 1 aromatic rings. The Morgan fingerprint density at radius 2 is 2.33 bits per heavy atom. The van der Waals surface area contributed by atoms with Gasteiger partial charge < -0.3 is 10.7 Å². The Labute approximate surface area is 89.5 Å². The molecule has 5 heteroatoms. The topological polar surface area (TPSA) is 83.8 Å². The minimum Gasteiger partial charge on any atom is -0.368 e. The van der Waals surface area contributed by atoms with Gasteiger partial charge in [0.25, 0.3) is 0 Å². The van der Waals surface area contributed by atoms with Crippen LogP contribution in [0.1, 0.15) is 25.2 Å². The maximum atomic E-state index is 11.1. The van der Waals surface area contributed by atoms with Crippen molar-refractivity contribution in [2.75, 3.05) is 0 Å². The molecule has 0 radical (unpaired) electrons. The first-order chi connectivity index (χ1) is 7.02. The summed E-state index contributed by atoms with van der Waals surface area (Å²) >= 11 is 0. The van der Waals surface area contributed by atoms with Crippen molar-refractivity contribution in [2.24, 2.45) is 11.7 Å². The average molecular weight is 210 g/mol. The molecule has 1 amide bonds. The lowest BCUT2D eigenvalue weighted by atomic mass is 10.0. The van der Waals surface area contributed by atoms with E-state index >= 15 is 0 Å². The number of aromatic amines is 1. The van der Waals surface area contributed by atoms with Gasteiger partial charge in [-0.25, -0.2) is 4.98 Å². The fraction of sp³-hybridized carbons (Fsp3) is 0.600. The van der Waals surface area contributed by atoms with Crippen LogP contribution in [0.5, 0.6) is 0 Å². The molecule has 0 aliphatic rings. The number of nitrogens with zero attached hydrogens (tertiary/aromatic N) is 1. The Morgan fingerprint density at radius 1 is 1.67 bits per heavy atom. The Bertz CT molecular complexity index is 332. The molecule has 1 atom stereocenters. The van der Waals surface area contributed by atoms with Crippen LogP contribution in [0.15, 0.2) is 6.33 Å². The van der Waals surface area contributed by atoms with Gasteiger partial charge in [0, 0.05) is 12.2 Å². The van der Waals surface area contributed by atoms with Gasteiger partial charge in [0.1, 0.15) is 0 Å². The quantitative estimate of drug-likeness (QED) is 0.654. The highest BCUT2D eigenvalue weighted by Crippen LogP contribution is 2.04. The lowest BCUT2D eigenvalue weighted by Crippen LogP contribution is -2.44. The van der Waals surface area contributed by atoms with Crippen molar-refractivity contribution in [3.05, 3.63) is 17.7 Å². The van der Waals surface area contributed by atoms with Gasteiger partial charge in [-0.2, -0.15) is 0 Å². The second-order valence-corrected chi connectivity index (χ2v) is 3.98. The normalized spacial score (nSPS) is 13.1. The molecule has 0 aliphatic carbocycles. The molecule has 1 heterocycles. The SMILES string of the molecule is Cc1[nH]cnc1CNC(C(N)=O)C(C)C. The van der Waals surface area contributed by atoms with Crippen LogP contribution in [0, 0.1) is 12.8 Å². The first-order valence-corrected chi connectivity index (χ1v) is 5.04. The number of aryl methyl sites for hydroxylation is 1. The number of H-pyrrole nitrogens is 1. The average Bonchev–Trinajstić information content (AvgIpc) is 2.51. The zero-order valence-electron chi connectivity index (χ0n) is 9.37. The van der Waals surface area contributed by atoms with Crippen LogP contribution in [-0.2, 0) is 11.3 Å². The smallest absolute Gasteiger partial charge is 0.234 e. The van der Waals surface area contributed by atoms with Gasteiger partial charge in [-0.05, 0) is 12.8 Å². The second-order valence-electron chi connectivity index (χ2n) is 3.98. The van der Waals surface area contributed by atoms with Gasteiger partial charge in [0.05, 0.1) is 18.1 Å². The Kier molecular flexibility index (Phi) is 3.85. The van der Waals surface area contributed by atoms with Gasteiger partial charge in [-0.15, -0.1) is 0 Å². The molecule has 0 aliphatic heterocycles. The summed E-state index contributed by atoms with van der Waals surface area (Å²) in [6.45, 7) is 6.42. The van der Waals surface area contributed by atoms with Crippen LogP contribution in [0.4, 0.5) is 0 Å². The predicted molar refractivity (Wildman–Crippen MR) is 58.0 cm³/mol. The van der Waals surface area contributed by atoms with E-state index in [1.165, 1.54) is 0 Å². The van der Waals surface area contributed by atoms with E-state index < -0.39 is 0 Å². The zero-order valence-corrected chi connectivity index (χ0v) is 9.37. The highest BCUT2D eigenvalue weighted by molar-refractivity contribution is 5.80. The van der Waals surface area contributed by atoms with Crippen LogP contribution in [0.3, 0.4) is 0 Å². The predicted octanol–water partition coefficient (Wildman–Crippen LogP) is 0.318. The van der Waals surface area contributed by atoms with Crippen molar-refractivity contribution in [2.45, 2.75) is 33.4 Å². The number of nitrogens with one attached hydrogen (secondary N) is 2. The van der Waals surface area contributed by atoms with Crippen LogP contribution in [0.2, 0.25) is 0 Å². The highest BCUT2D eigenvalue weighted by Gasteiger charge is 2.18. The molecule has 0 aromatic carbocycles. The van der Waals surface area contributed by atoms with E-state index in [2.05, 4.69) is 15.3 Å². The molecule has 15 heavy (non-hydrogen) atoms. The summed E-state index contributed by atoms with van der Waals surface area (Å²) in [6, 6.07) is -0.305. The van der Waals surface area contributed by atoms with E-state index in [1.807, 2.05) is 20.8 Å². The lowest BCUT2D eigenvalue weighted by molar-refractivity contribution is -0.121. The first-order valence-electron chi connectivity index (χ1n) is 5.04. The summed E-state index contributed by atoms with van der Waals surface area (Å²) < 4.78 is 0. The summed E-state index contributed by atoms with van der Waals surface area (Å²) in [4.78, 5) is 18.2. The number of rotatable bonds is 5. The van der Waals surface area contributed by atoms with Gasteiger partial charge in [0.15, 0.2) is 0 Å². The van der Waals surface area contributed by atoms with Gasteiger partial charge in [-0.3, -0.25) is 10.1 Å². The van der Waals surface area contributed by atoms with E-state index in [0.717, 1.165) is 11.4 Å². The maximum Gasteiger partial charge on any atom is 0.234 e. The lowest BCUT2D eigenvalue weighted by Gasteiger charge is -2.18. The van der Waals surface area contributed by atoms with Crippen molar-refractivity contribution in [1.82, 2.24) is 15.3 Å². The number of aromatic nitrogens is 2. The standard InChI is InChI=1S/C10H18N4O/c1-6(2)9(10(11)15)12-4-8-7(3)13-5-14-8/h5-6,9,12H,4H2,1-3H3,(H2,11,15)(H,13,14). The number of primary amides is 1. The number of amides is 1. The number of carbonyl (C=O) groups is 1. The maximum absolute atomic E-state index is 11.1. The molecule has 0 saturated heterocycles. The minimum atomic E-state index is -0.321. The van der Waals surface area contributed by atoms with Gasteiger partial charge in [-0.1, -0.05) is 13.8 Å². The molecule has 1 unspecified atom stereocenters. The van der Waals surface area contributed by atoms with E-state index in [0.29, 0.717) is 6.54 Å². The third kappa shape index (κ3) is 3.06. The number of hydrogen-bond donors (Lipinski definition) is 3. The Morgan fingerprint density at radius 3 is 2.73 bits per heavy atom. The van der Waals surface area contributed by atoms with E-state index in [1.54, 1.807) is 6.33 Å². The third-order valence-corrected chi connectivity index (χ3v) is 2.40. The number of nitrogens with two attached hydrogens (primary N) is 1. The van der Waals surface area contributed by atoms with E-state index in [-0.39, 0.29) is 17.9 Å². The molecule has 84 valence electrons. The fourth-order valence-electron chi connectivity index (χ4n) is 1.44. The Balaban J connectivity index is 2.55. The molecule has 4 N–H and O–H groups in total. The summed E-state index contributed by atoms with van der Waals surface area (Å²) in [7, 11) is 0. The second kappa shape index (κ2) is 4.93. The molecule has 0 bridgehead atoms. The van der Waals surface area contributed by atoms with Gasteiger partial charge in [0.2, 0.25) is 5.91 Å². The largest absolute Gasteiger partial charge is 0.368 e.